The Morgan fingerprint density at radius 3 is 2.81 bits per heavy atom. The predicted octanol–water partition coefficient (Wildman–Crippen LogP) is 2.27. The van der Waals surface area contributed by atoms with Crippen LogP contribution < -0.4 is 0 Å². The molecule has 1 saturated heterocycles. The molecule has 3 aromatic heterocycles. The zero-order valence-electron chi connectivity index (χ0n) is 15.0. The topological polar surface area (TPSA) is 66.6 Å². The first-order valence-electron chi connectivity index (χ1n) is 8.77. The number of aromatic nitrogens is 4. The Hall–Kier alpha value is -2.32. The fourth-order valence-electron chi connectivity index (χ4n) is 3.54. The lowest BCUT2D eigenvalue weighted by molar-refractivity contribution is 0.0829. The fourth-order valence-corrected chi connectivity index (χ4v) is 4.09. The Morgan fingerprint density at radius 1 is 1.31 bits per heavy atom. The van der Waals surface area contributed by atoms with Crippen LogP contribution in [-0.4, -0.2) is 62.5 Å². The number of hydrogen-bond acceptors (Lipinski definition) is 6. The molecule has 4 heterocycles. The zero-order valence-corrected chi connectivity index (χ0v) is 15.8. The van der Waals surface area contributed by atoms with E-state index in [2.05, 4.69) is 25.3 Å². The average molecular weight is 370 g/mol. The van der Waals surface area contributed by atoms with E-state index in [1.165, 1.54) is 0 Å². The van der Waals surface area contributed by atoms with Gasteiger partial charge < -0.3 is 4.90 Å². The van der Waals surface area contributed by atoms with Crippen LogP contribution in [0.3, 0.4) is 0 Å². The number of rotatable bonds is 4. The highest BCUT2D eigenvalue weighted by atomic mass is 32.1. The summed E-state index contributed by atoms with van der Waals surface area (Å²) in [7, 11) is 3.49. The van der Waals surface area contributed by atoms with Crippen molar-refractivity contribution in [2.45, 2.75) is 25.3 Å². The van der Waals surface area contributed by atoms with Crippen molar-refractivity contribution < 1.29 is 4.79 Å². The van der Waals surface area contributed by atoms with Crippen LogP contribution in [0.15, 0.2) is 29.4 Å². The highest BCUT2D eigenvalue weighted by molar-refractivity contribution is 7.07. The van der Waals surface area contributed by atoms with Crippen molar-refractivity contribution in [3.05, 3.63) is 46.3 Å². The Morgan fingerprint density at radius 2 is 2.12 bits per heavy atom. The quantitative estimate of drug-likeness (QED) is 0.705. The minimum Gasteiger partial charge on any atom is -0.345 e. The summed E-state index contributed by atoms with van der Waals surface area (Å²) in [6.07, 6.45) is 5.56. The van der Waals surface area contributed by atoms with E-state index in [-0.39, 0.29) is 5.91 Å². The van der Waals surface area contributed by atoms with Gasteiger partial charge in [-0.25, -0.2) is 14.5 Å². The summed E-state index contributed by atoms with van der Waals surface area (Å²) >= 11 is 1.65. The first kappa shape index (κ1) is 17.1. The fraction of sp³-hybridized carbons (Fsp3) is 0.444. The molecule has 4 rings (SSSR count). The third-order valence-electron chi connectivity index (χ3n) is 4.94. The molecular weight excluding hydrogens is 348 g/mol. The van der Waals surface area contributed by atoms with Gasteiger partial charge in [0.15, 0.2) is 5.65 Å². The largest absolute Gasteiger partial charge is 0.345 e. The van der Waals surface area contributed by atoms with Crippen molar-refractivity contribution in [2.75, 3.05) is 27.2 Å². The Kier molecular flexibility index (Phi) is 4.69. The Balaban J connectivity index is 1.52. The van der Waals surface area contributed by atoms with Gasteiger partial charge in [0.2, 0.25) is 0 Å². The molecule has 0 saturated carbocycles. The van der Waals surface area contributed by atoms with Crippen LogP contribution in [0.4, 0.5) is 0 Å². The smallest absolute Gasteiger partial charge is 0.258 e. The average Bonchev–Trinajstić information content (AvgIpc) is 3.31. The van der Waals surface area contributed by atoms with Gasteiger partial charge in [-0.1, -0.05) is 0 Å². The lowest BCUT2D eigenvalue weighted by atomic mass is 9.93. The van der Waals surface area contributed by atoms with Crippen LogP contribution in [0, 0.1) is 0 Å². The number of fused-ring (bicyclic) bond motifs is 1. The van der Waals surface area contributed by atoms with Gasteiger partial charge in [-0.3, -0.25) is 9.69 Å². The summed E-state index contributed by atoms with van der Waals surface area (Å²) < 4.78 is 1.84. The van der Waals surface area contributed by atoms with Crippen LogP contribution in [0.1, 0.15) is 40.5 Å². The van der Waals surface area contributed by atoms with Gasteiger partial charge in [-0.15, -0.1) is 11.3 Å². The van der Waals surface area contributed by atoms with Crippen LogP contribution in [0.2, 0.25) is 0 Å². The van der Waals surface area contributed by atoms with Crippen molar-refractivity contribution in [1.82, 2.24) is 29.4 Å². The van der Waals surface area contributed by atoms with Crippen molar-refractivity contribution in [3.63, 3.8) is 0 Å². The number of hydrogen-bond donors (Lipinski definition) is 0. The molecule has 26 heavy (non-hydrogen) atoms. The highest BCUT2D eigenvalue weighted by Crippen LogP contribution is 2.29. The Labute approximate surface area is 156 Å². The van der Waals surface area contributed by atoms with E-state index >= 15 is 0 Å². The summed E-state index contributed by atoms with van der Waals surface area (Å²) in [5, 5.41) is 6.58. The van der Waals surface area contributed by atoms with Crippen molar-refractivity contribution >= 4 is 22.9 Å². The van der Waals surface area contributed by atoms with Gasteiger partial charge in [0.25, 0.3) is 5.91 Å². The predicted molar refractivity (Wildman–Crippen MR) is 100 cm³/mol. The summed E-state index contributed by atoms with van der Waals surface area (Å²) in [4.78, 5) is 25.1. The molecule has 1 aliphatic rings. The standard InChI is InChI=1S/C18H22N6OS/c1-22(2)18(25)15-9-21-24-16(3-6-19-17(15)24)13-4-7-23(8-5-13)10-14-11-26-12-20-14/h3,6,9,11-13H,4-5,7-8,10H2,1-2H3. The zero-order chi connectivity index (χ0) is 18.1. The van der Waals surface area contributed by atoms with Gasteiger partial charge in [0.05, 0.1) is 17.4 Å². The maximum absolute atomic E-state index is 12.3. The first-order valence-corrected chi connectivity index (χ1v) is 9.71. The third-order valence-corrected chi connectivity index (χ3v) is 5.58. The Bertz CT molecular complexity index is 896. The number of nitrogens with zero attached hydrogens (tertiary/aromatic N) is 6. The molecule has 1 aliphatic heterocycles. The van der Waals surface area contributed by atoms with Crippen LogP contribution in [0.25, 0.3) is 5.65 Å². The van der Waals surface area contributed by atoms with Gasteiger partial charge in [-0.2, -0.15) is 5.10 Å². The third kappa shape index (κ3) is 3.22. The minimum absolute atomic E-state index is 0.0669. The van der Waals surface area contributed by atoms with Crippen molar-refractivity contribution in [1.29, 1.82) is 0 Å². The minimum atomic E-state index is -0.0669. The van der Waals surface area contributed by atoms with Gasteiger partial charge in [0, 0.05) is 43.8 Å². The molecular formula is C18H22N6OS. The molecule has 136 valence electrons. The van der Waals surface area contributed by atoms with Crippen molar-refractivity contribution in [2.24, 2.45) is 0 Å². The summed E-state index contributed by atoms with van der Waals surface area (Å²) in [6, 6.07) is 2.03. The van der Waals surface area contributed by atoms with E-state index in [9.17, 15) is 4.79 Å². The van der Waals surface area contributed by atoms with E-state index in [0.29, 0.717) is 17.1 Å². The SMILES string of the molecule is CN(C)C(=O)c1cnn2c(C3CCN(Cc4cscn4)CC3)ccnc12. The maximum Gasteiger partial charge on any atom is 0.258 e. The lowest BCUT2D eigenvalue weighted by Gasteiger charge is -2.31. The molecule has 0 atom stereocenters. The summed E-state index contributed by atoms with van der Waals surface area (Å²) in [6.45, 7) is 3.00. The molecule has 0 bridgehead atoms. The first-order chi connectivity index (χ1) is 12.6. The maximum atomic E-state index is 12.3. The summed E-state index contributed by atoms with van der Waals surface area (Å²) in [5.74, 6) is 0.358. The number of thiazole rings is 1. The molecule has 0 spiro atoms. The number of amides is 1. The van der Waals surface area contributed by atoms with Crippen LogP contribution in [-0.2, 0) is 6.54 Å². The highest BCUT2D eigenvalue weighted by Gasteiger charge is 2.25. The molecule has 3 aromatic rings. The number of carbonyl (C=O) groups excluding carboxylic acids is 1. The molecule has 1 fully saturated rings. The monoisotopic (exact) mass is 370 g/mol. The molecule has 1 amide bonds. The molecule has 7 nitrogen and oxygen atoms in total. The normalized spacial score (nSPS) is 16.2. The number of likely N-dealkylation sites (tertiary alicyclic amines) is 1. The van der Waals surface area contributed by atoms with E-state index < -0.39 is 0 Å². The van der Waals surface area contributed by atoms with E-state index in [4.69, 9.17) is 0 Å². The second-order valence-corrected chi connectivity index (χ2v) is 7.61. The second-order valence-electron chi connectivity index (χ2n) is 6.89. The number of piperidine rings is 1. The second kappa shape index (κ2) is 7.13. The van der Waals surface area contributed by atoms with Crippen LogP contribution in [0.5, 0.6) is 0 Å². The van der Waals surface area contributed by atoms with Crippen molar-refractivity contribution in [3.8, 4) is 0 Å². The van der Waals surface area contributed by atoms with Gasteiger partial charge >= 0.3 is 0 Å². The molecule has 0 N–H and O–H groups in total. The van der Waals surface area contributed by atoms with E-state index in [1.54, 1.807) is 42.7 Å². The van der Waals surface area contributed by atoms with Gasteiger partial charge in [-0.05, 0) is 32.0 Å². The molecule has 0 unspecified atom stereocenters. The molecule has 8 heteroatoms. The van der Waals surface area contributed by atoms with E-state index in [1.807, 2.05) is 16.1 Å². The lowest BCUT2D eigenvalue weighted by Crippen LogP contribution is -2.33. The number of carbonyl (C=O) groups is 1. The molecule has 0 aromatic carbocycles. The van der Waals surface area contributed by atoms with Gasteiger partial charge in [0.1, 0.15) is 5.56 Å². The van der Waals surface area contributed by atoms with E-state index in [0.717, 1.165) is 43.9 Å². The molecule has 0 radical (unpaired) electrons. The molecule has 0 aliphatic carbocycles. The van der Waals surface area contributed by atoms with Crippen LogP contribution >= 0.6 is 11.3 Å². The summed E-state index contributed by atoms with van der Waals surface area (Å²) in [5.41, 5.74) is 5.38.